The van der Waals surface area contributed by atoms with Gasteiger partial charge in [0.2, 0.25) is 10.0 Å². The lowest BCUT2D eigenvalue weighted by Crippen LogP contribution is -2.19. The third-order valence-electron chi connectivity index (χ3n) is 1.79. The maximum absolute atomic E-state index is 12.5. The first-order chi connectivity index (χ1) is 8.18. The molecule has 0 saturated heterocycles. The number of hydrogen-bond acceptors (Lipinski definition) is 5. The van der Waals surface area contributed by atoms with Crippen LogP contribution in [0.2, 0.25) is 0 Å². The molecule has 0 aliphatic heterocycles. The normalized spacial score (nSPS) is 12.3. The summed E-state index contributed by atoms with van der Waals surface area (Å²) in [5, 5.41) is 0. The van der Waals surface area contributed by atoms with Crippen molar-refractivity contribution in [1.29, 1.82) is 0 Å². The van der Waals surface area contributed by atoms with Gasteiger partial charge in [-0.15, -0.1) is 3.89 Å². The molecule has 0 aromatic carbocycles. The van der Waals surface area contributed by atoms with Gasteiger partial charge in [-0.25, -0.2) is 17.8 Å². The minimum Gasteiger partial charge on any atom is -0.267 e. The molecular weight excluding hydrogens is 290 g/mol. The smallest absolute Gasteiger partial charge is 0.267 e. The number of halogens is 2. The van der Waals surface area contributed by atoms with E-state index in [2.05, 4.69) is 4.98 Å². The van der Waals surface area contributed by atoms with Crippen LogP contribution in [0, 0.1) is 5.82 Å². The Bertz CT molecular complexity index is 598. The molecule has 10 heteroatoms. The van der Waals surface area contributed by atoms with Gasteiger partial charge in [-0.3, -0.25) is 4.72 Å². The van der Waals surface area contributed by atoms with Crippen LogP contribution in [0.5, 0.6) is 0 Å². The molecule has 0 aliphatic rings. The van der Waals surface area contributed by atoms with Crippen molar-refractivity contribution in [2.45, 2.75) is 6.42 Å². The Morgan fingerprint density at radius 1 is 1.17 bits per heavy atom. The van der Waals surface area contributed by atoms with Crippen LogP contribution in [-0.2, 0) is 20.2 Å². The molecule has 0 fully saturated rings. The van der Waals surface area contributed by atoms with E-state index >= 15 is 0 Å². The number of sulfonamides is 1. The van der Waals surface area contributed by atoms with Crippen LogP contribution < -0.4 is 4.72 Å². The van der Waals surface area contributed by atoms with E-state index < -0.39 is 37.6 Å². The van der Waals surface area contributed by atoms with Crippen molar-refractivity contribution in [3.05, 3.63) is 24.1 Å². The zero-order valence-corrected chi connectivity index (χ0v) is 10.6. The molecule has 1 aromatic heterocycles. The molecule has 1 N–H and O–H groups in total. The largest absolute Gasteiger partial charge is 0.302 e. The molecular formula is C8H10F2N2O4S2. The molecule has 0 atom stereocenters. The molecule has 1 rings (SSSR count). The molecule has 0 amide bonds. The van der Waals surface area contributed by atoms with Gasteiger partial charge in [0.05, 0.1) is 17.7 Å². The van der Waals surface area contributed by atoms with E-state index in [1.54, 1.807) is 0 Å². The number of nitrogens with zero attached hydrogens (tertiary/aromatic N) is 1. The number of aromatic nitrogens is 1. The monoisotopic (exact) mass is 300 g/mol. The maximum Gasteiger partial charge on any atom is 0.302 e. The first-order valence-corrected chi connectivity index (χ1v) is 7.93. The second kappa shape index (κ2) is 5.57. The van der Waals surface area contributed by atoms with Crippen LogP contribution in [0.25, 0.3) is 0 Å². The fraction of sp³-hybridized carbons (Fsp3) is 0.375. The van der Waals surface area contributed by atoms with Crippen LogP contribution in [-0.4, -0.2) is 33.3 Å². The number of hydrogen-bond donors (Lipinski definition) is 1. The lowest BCUT2D eigenvalue weighted by Gasteiger charge is -2.05. The average molecular weight is 300 g/mol. The highest BCUT2D eigenvalue weighted by atomic mass is 32.3. The maximum atomic E-state index is 12.5. The van der Waals surface area contributed by atoms with E-state index in [1.165, 1.54) is 0 Å². The quantitative estimate of drug-likeness (QED) is 0.779. The second-order valence-corrected chi connectivity index (χ2v) is 6.71. The molecule has 0 bridgehead atoms. The van der Waals surface area contributed by atoms with E-state index in [1.807, 2.05) is 4.72 Å². The molecule has 0 unspecified atom stereocenters. The van der Waals surface area contributed by atoms with Crippen LogP contribution in [0.15, 0.2) is 18.3 Å². The topological polar surface area (TPSA) is 93.2 Å². The fourth-order valence-corrected chi connectivity index (χ4v) is 2.81. The molecule has 0 saturated carbocycles. The Morgan fingerprint density at radius 3 is 2.33 bits per heavy atom. The zero-order valence-electron chi connectivity index (χ0n) is 9.01. The van der Waals surface area contributed by atoms with Gasteiger partial charge in [0.25, 0.3) is 0 Å². The molecule has 0 radical (unpaired) electrons. The van der Waals surface area contributed by atoms with Gasteiger partial charge in [0, 0.05) is 0 Å². The summed E-state index contributed by atoms with van der Waals surface area (Å²) in [7, 11) is -8.52. The summed E-state index contributed by atoms with van der Waals surface area (Å²) >= 11 is 0. The van der Waals surface area contributed by atoms with Crippen molar-refractivity contribution >= 4 is 26.1 Å². The van der Waals surface area contributed by atoms with Gasteiger partial charge in [-0.1, -0.05) is 0 Å². The van der Waals surface area contributed by atoms with Gasteiger partial charge < -0.3 is 0 Å². The molecule has 0 spiro atoms. The Balaban J connectivity index is 2.57. The van der Waals surface area contributed by atoms with E-state index in [-0.39, 0.29) is 12.2 Å². The summed E-state index contributed by atoms with van der Waals surface area (Å²) in [6.45, 7) is 0. The lowest BCUT2D eigenvalue weighted by molar-refractivity contribution is 0.550. The number of nitrogens with one attached hydrogen (secondary N) is 1. The summed E-state index contributed by atoms with van der Waals surface area (Å²) in [4.78, 5) is 3.46. The predicted molar refractivity (Wildman–Crippen MR) is 61.1 cm³/mol. The van der Waals surface area contributed by atoms with Crippen molar-refractivity contribution in [1.82, 2.24) is 4.98 Å². The van der Waals surface area contributed by atoms with Crippen molar-refractivity contribution < 1.29 is 25.1 Å². The molecule has 1 heterocycles. The SMILES string of the molecule is O=S(=O)(F)CCCS(=O)(=O)Nc1ccc(F)cn1. The highest BCUT2D eigenvalue weighted by Gasteiger charge is 2.14. The summed E-state index contributed by atoms with van der Waals surface area (Å²) in [5.41, 5.74) is 0. The number of anilines is 1. The molecule has 1 aromatic rings. The van der Waals surface area contributed by atoms with Crippen molar-refractivity contribution in [3.63, 3.8) is 0 Å². The van der Waals surface area contributed by atoms with E-state index in [0.29, 0.717) is 0 Å². The average Bonchev–Trinajstić information content (AvgIpc) is 2.18. The predicted octanol–water partition coefficient (Wildman–Crippen LogP) is 0.652. The third kappa shape index (κ3) is 5.87. The van der Waals surface area contributed by atoms with Gasteiger partial charge >= 0.3 is 10.2 Å². The standard InChI is InChI=1S/C8H10F2N2O4S2/c9-7-2-3-8(11-6-7)12-18(15,16)5-1-4-17(10,13)14/h2-3,6H,1,4-5H2,(H,11,12). The van der Waals surface area contributed by atoms with Crippen LogP contribution >= 0.6 is 0 Å². The minimum absolute atomic E-state index is 0.0977. The highest BCUT2D eigenvalue weighted by molar-refractivity contribution is 7.92. The summed E-state index contributed by atoms with van der Waals surface area (Å²) in [6, 6.07) is 2.12. The fourth-order valence-electron chi connectivity index (χ4n) is 1.07. The van der Waals surface area contributed by atoms with Crippen LogP contribution in [0.4, 0.5) is 14.1 Å². The van der Waals surface area contributed by atoms with Crippen molar-refractivity contribution in [2.75, 3.05) is 16.2 Å². The van der Waals surface area contributed by atoms with Gasteiger partial charge in [0.1, 0.15) is 11.6 Å². The zero-order chi connectivity index (χ0) is 13.8. The summed E-state index contributed by atoms with van der Waals surface area (Å²) in [6.07, 6.45) is 0.444. The first kappa shape index (κ1) is 14.8. The van der Waals surface area contributed by atoms with Gasteiger partial charge in [0.15, 0.2) is 0 Å². The van der Waals surface area contributed by atoms with Gasteiger partial charge in [-0.2, -0.15) is 8.42 Å². The molecule has 102 valence electrons. The second-order valence-electron chi connectivity index (χ2n) is 3.38. The Kier molecular flexibility index (Phi) is 4.57. The highest BCUT2D eigenvalue weighted by Crippen LogP contribution is 2.07. The Labute approximate surface area is 103 Å². The van der Waals surface area contributed by atoms with E-state index in [9.17, 15) is 25.1 Å². The summed E-state index contributed by atoms with van der Waals surface area (Å²) < 4.78 is 69.8. The Hall–Kier alpha value is -1.29. The van der Waals surface area contributed by atoms with Crippen LogP contribution in [0.3, 0.4) is 0 Å². The first-order valence-electron chi connectivity index (χ1n) is 4.72. The molecule has 6 nitrogen and oxygen atoms in total. The number of pyridine rings is 1. The third-order valence-corrected chi connectivity index (χ3v) is 3.91. The minimum atomic E-state index is -4.68. The number of rotatable bonds is 6. The summed E-state index contributed by atoms with van der Waals surface area (Å²) in [5.74, 6) is -2.17. The van der Waals surface area contributed by atoms with Crippen molar-refractivity contribution in [3.8, 4) is 0 Å². The van der Waals surface area contributed by atoms with Crippen LogP contribution in [0.1, 0.15) is 6.42 Å². The van der Waals surface area contributed by atoms with Crippen molar-refractivity contribution in [2.24, 2.45) is 0 Å². The lowest BCUT2D eigenvalue weighted by atomic mass is 10.5. The Morgan fingerprint density at radius 2 is 1.83 bits per heavy atom. The van der Waals surface area contributed by atoms with E-state index in [4.69, 9.17) is 0 Å². The molecule has 18 heavy (non-hydrogen) atoms. The van der Waals surface area contributed by atoms with Gasteiger partial charge in [-0.05, 0) is 18.6 Å². The molecule has 0 aliphatic carbocycles. The van der Waals surface area contributed by atoms with E-state index in [0.717, 1.165) is 18.3 Å².